The fourth-order valence-corrected chi connectivity index (χ4v) is 2.48. The van der Waals surface area contributed by atoms with Gasteiger partial charge in [0.1, 0.15) is 0 Å². The smallest absolute Gasteiger partial charge is 0.229 e. The first kappa shape index (κ1) is 16.2. The Morgan fingerprint density at radius 1 is 1.58 bits per heavy atom. The van der Waals surface area contributed by atoms with Crippen LogP contribution in [0.1, 0.15) is 12.0 Å². The minimum absolute atomic E-state index is 0. The number of hydrogen-bond acceptors (Lipinski definition) is 3. The Morgan fingerprint density at radius 3 is 2.95 bits per heavy atom. The maximum atomic E-state index is 12.2. The van der Waals surface area contributed by atoms with Gasteiger partial charge in [-0.2, -0.15) is 0 Å². The Kier molecular flexibility index (Phi) is 6.07. The summed E-state index contributed by atoms with van der Waals surface area (Å²) in [7, 11) is 1.57. The van der Waals surface area contributed by atoms with Crippen LogP contribution in [0.2, 0.25) is 5.02 Å². The van der Waals surface area contributed by atoms with Crippen molar-refractivity contribution in [3.8, 4) is 0 Å². The molecular formula is C13H18Cl2N2O2. The second-order valence-corrected chi connectivity index (χ2v) is 4.74. The van der Waals surface area contributed by atoms with E-state index in [1.807, 2.05) is 18.2 Å². The number of hydrogen-bond donors (Lipinski definition) is 1. The first-order chi connectivity index (χ1) is 8.67. The number of halogens is 2. The molecule has 0 bridgehead atoms. The van der Waals surface area contributed by atoms with E-state index in [1.54, 1.807) is 12.0 Å². The van der Waals surface area contributed by atoms with Crippen molar-refractivity contribution in [2.24, 2.45) is 5.73 Å². The van der Waals surface area contributed by atoms with E-state index in [0.29, 0.717) is 19.5 Å². The summed E-state index contributed by atoms with van der Waals surface area (Å²) < 4.78 is 5.14. The number of benzene rings is 1. The lowest BCUT2D eigenvalue weighted by atomic mass is 10.1. The lowest BCUT2D eigenvalue weighted by Gasteiger charge is -2.20. The van der Waals surface area contributed by atoms with E-state index in [1.165, 1.54) is 0 Å². The quantitative estimate of drug-likeness (QED) is 0.926. The van der Waals surface area contributed by atoms with Crippen LogP contribution in [0.4, 0.5) is 5.69 Å². The number of nitrogens with two attached hydrogens (primary N) is 1. The molecule has 1 aliphatic rings. The molecular weight excluding hydrogens is 287 g/mol. The third kappa shape index (κ3) is 3.39. The van der Waals surface area contributed by atoms with Crippen LogP contribution in [0.15, 0.2) is 18.2 Å². The van der Waals surface area contributed by atoms with E-state index < -0.39 is 0 Å². The van der Waals surface area contributed by atoms with E-state index in [9.17, 15) is 4.79 Å². The maximum Gasteiger partial charge on any atom is 0.229 e. The molecule has 0 aliphatic carbocycles. The largest absolute Gasteiger partial charge is 0.380 e. The lowest BCUT2D eigenvalue weighted by Crippen LogP contribution is -2.35. The molecule has 0 fully saturated rings. The number of methoxy groups -OCH3 is 1. The Labute approximate surface area is 124 Å². The minimum Gasteiger partial charge on any atom is -0.380 e. The highest BCUT2D eigenvalue weighted by molar-refractivity contribution is 6.32. The van der Waals surface area contributed by atoms with Gasteiger partial charge in [-0.1, -0.05) is 17.7 Å². The third-order valence-electron chi connectivity index (χ3n) is 3.27. The Hall–Kier alpha value is -0.810. The summed E-state index contributed by atoms with van der Waals surface area (Å²) in [5, 5.41) is 0.727. The van der Waals surface area contributed by atoms with Crippen molar-refractivity contribution >= 4 is 35.6 Å². The van der Waals surface area contributed by atoms with Crippen molar-refractivity contribution in [2.75, 3.05) is 25.1 Å². The van der Waals surface area contributed by atoms with Gasteiger partial charge in [-0.25, -0.2) is 0 Å². The van der Waals surface area contributed by atoms with Crippen LogP contribution >= 0.6 is 24.0 Å². The van der Waals surface area contributed by atoms with E-state index in [2.05, 4.69) is 0 Å². The van der Waals surface area contributed by atoms with Gasteiger partial charge in [0.05, 0.1) is 12.5 Å². The fraction of sp³-hybridized carbons (Fsp3) is 0.462. The van der Waals surface area contributed by atoms with Gasteiger partial charge in [0.2, 0.25) is 5.91 Å². The Balaban J connectivity index is 0.00000180. The minimum atomic E-state index is -0.222. The van der Waals surface area contributed by atoms with Gasteiger partial charge in [-0.15, -0.1) is 12.4 Å². The van der Waals surface area contributed by atoms with E-state index in [0.717, 1.165) is 22.7 Å². The molecule has 4 nitrogen and oxygen atoms in total. The number of carbonyl (C=O) groups is 1. The summed E-state index contributed by atoms with van der Waals surface area (Å²) in [5.41, 5.74) is 7.50. The maximum absolute atomic E-state index is 12.2. The van der Waals surface area contributed by atoms with E-state index in [4.69, 9.17) is 22.1 Å². The third-order valence-corrected chi connectivity index (χ3v) is 3.62. The Morgan fingerprint density at radius 2 is 2.32 bits per heavy atom. The molecule has 1 unspecified atom stereocenters. The normalized spacial score (nSPS) is 14.8. The second-order valence-electron chi connectivity index (χ2n) is 4.33. The summed E-state index contributed by atoms with van der Waals surface area (Å²) in [4.78, 5) is 14.0. The van der Waals surface area contributed by atoms with Crippen molar-refractivity contribution in [3.63, 3.8) is 0 Å². The van der Waals surface area contributed by atoms with Gasteiger partial charge in [0, 0.05) is 30.9 Å². The number of carbonyl (C=O) groups excluding carboxylic acids is 1. The summed E-state index contributed by atoms with van der Waals surface area (Å²) in [6.07, 6.45) is 0.890. The molecule has 1 heterocycles. The standard InChI is InChI=1S/C13H17ClN2O2.ClH/c1-18-9(8-15)7-13(17)16-6-5-10-11(14)3-2-4-12(10)16;/h2-4,9H,5-8,15H2,1H3;1H. The van der Waals surface area contributed by atoms with Crippen molar-refractivity contribution in [2.45, 2.75) is 18.9 Å². The molecule has 106 valence electrons. The summed E-state index contributed by atoms with van der Waals surface area (Å²) in [6.45, 7) is 1.03. The van der Waals surface area contributed by atoms with Gasteiger partial charge >= 0.3 is 0 Å². The van der Waals surface area contributed by atoms with Crippen LogP contribution in [0, 0.1) is 0 Å². The summed E-state index contributed by atoms with van der Waals surface area (Å²) in [5.74, 6) is 0.0355. The van der Waals surface area contributed by atoms with Crippen LogP contribution in [-0.4, -0.2) is 32.2 Å². The average Bonchev–Trinajstić information content (AvgIpc) is 2.81. The highest BCUT2D eigenvalue weighted by Crippen LogP contribution is 2.33. The van der Waals surface area contributed by atoms with Crippen LogP contribution < -0.4 is 10.6 Å². The first-order valence-corrected chi connectivity index (χ1v) is 6.35. The molecule has 2 N–H and O–H groups in total. The van der Waals surface area contributed by atoms with Crippen molar-refractivity contribution < 1.29 is 9.53 Å². The van der Waals surface area contributed by atoms with Gasteiger partial charge in [0.25, 0.3) is 0 Å². The predicted octanol–water partition coefficient (Wildman–Crippen LogP) is 2.01. The van der Waals surface area contributed by atoms with Crippen LogP contribution in [0.5, 0.6) is 0 Å². The van der Waals surface area contributed by atoms with Crippen LogP contribution in [0.3, 0.4) is 0 Å². The monoisotopic (exact) mass is 304 g/mol. The average molecular weight is 305 g/mol. The summed E-state index contributed by atoms with van der Waals surface area (Å²) >= 11 is 6.12. The second kappa shape index (κ2) is 7.10. The fourth-order valence-electron chi connectivity index (χ4n) is 2.22. The SMILES string of the molecule is COC(CN)CC(=O)N1CCc2c(Cl)cccc21.Cl. The molecule has 1 aromatic rings. The summed E-state index contributed by atoms with van der Waals surface area (Å²) in [6, 6.07) is 5.64. The zero-order valence-corrected chi connectivity index (χ0v) is 12.3. The van der Waals surface area contributed by atoms with Gasteiger partial charge in [0.15, 0.2) is 0 Å². The predicted molar refractivity (Wildman–Crippen MR) is 79.2 cm³/mol. The number of fused-ring (bicyclic) bond motifs is 1. The van der Waals surface area contributed by atoms with Crippen molar-refractivity contribution in [3.05, 3.63) is 28.8 Å². The molecule has 0 saturated carbocycles. The molecule has 1 aliphatic heterocycles. The molecule has 0 aromatic heterocycles. The topological polar surface area (TPSA) is 55.6 Å². The molecule has 2 rings (SSSR count). The molecule has 1 aromatic carbocycles. The first-order valence-electron chi connectivity index (χ1n) is 5.98. The molecule has 0 spiro atoms. The number of nitrogens with zero attached hydrogens (tertiary/aromatic N) is 1. The van der Waals surface area contributed by atoms with Gasteiger partial charge < -0.3 is 15.4 Å². The van der Waals surface area contributed by atoms with Crippen molar-refractivity contribution in [1.29, 1.82) is 0 Å². The molecule has 0 radical (unpaired) electrons. The van der Waals surface area contributed by atoms with Gasteiger partial charge in [-0.3, -0.25) is 4.79 Å². The Bertz CT molecular complexity index is 450. The van der Waals surface area contributed by atoms with Gasteiger partial charge in [-0.05, 0) is 24.1 Å². The zero-order valence-electron chi connectivity index (χ0n) is 10.8. The van der Waals surface area contributed by atoms with Crippen molar-refractivity contribution in [1.82, 2.24) is 0 Å². The number of anilines is 1. The van der Waals surface area contributed by atoms with E-state index in [-0.39, 0.29) is 24.4 Å². The molecule has 1 atom stereocenters. The number of ether oxygens (including phenoxy) is 1. The molecule has 0 saturated heterocycles. The number of rotatable bonds is 4. The van der Waals surface area contributed by atoms with E-state index >= 15 is 0 Å². The zero-order chi connectivity index (χ0) is 13.1. The lowest BCUT2D eigenvalue weighted by molar-refractivity contribution is -0.120. The molecule has 6 heteroatoms. The highest BCUT2D eigenvalue weighted by atomic mass is 35.5. The molecule has 1 amide bonds. The molecule has 19 heavy (non-hydrogen) atoms. The van der Waals surface area contributed by atoms with Crippen LogP contribution in [-0.2, 0) is 16.0 Å². The van der Waals surface area contributed by atoms with Crippen LogP contribution in [0.25, 0.3) is 0 Å². The number of amides is 1. The highest BCUT2D eigenvalue weighted by Gasteiger charge is 2.27.